The number of ether oxygens (including phenoxy) is 1. The van der Waals surface area contributed by atoms with E-state index in [9.17, 15) is 0 Å². The Morgan fingerprint density at radius 1 is 1.10 bits per heavy atom. The Morgan fingerprint density at radius 3 is 2.62 bits per heavy atom. The third-order valence-corrected chi connectivity index (χ3v) is 4.48. The van der Waals surface area contributed by atoms with Crippen LogP contribution in [0.4, 0.5) is 0 Å². The molecule has 112 valence electrons. The molecule has 0 amide bonds. The molecule has 1 N–H and O–H groups in total. The molecule has 2 aromatic carbocycles. The summed E-state index contributed by atoms with van der Waals surface area (Å²) in [6.07, 6.45) is 3.50. The van der Waals surface area contributed by atoms with Crippen LogP contribution in [0.2, 0.25) is 0 Å². The minimum absolute atomic E-state index is 0.457. The van der Waals surface area contributed by atoms with Gasteiger partial charge in [0.1, 0.15) is 0 Å². The molecule has 0 aliphatic carbocycles. The Balaban J connectivity index is 1.88. The van der Waals surface area contributed by atoms with Crippen LogP contribution in [0.3, 0.4) is 0 Å². The number of fused-ring (bicyclic) bond motifs is 1. The number of benzene rings is 2. The number of rotatable bonds is 5. The van der Waals surface area contributed by atoms with Gasteiger partial charge < -0.3 is 10.1 Å². The number of hydrogen-bond acceptors (Lipinski definition) is 2. The predicted molar refractivity (Wildman–Crippen MR) is 88.5 cm³/mol. The molecular weight excluding hydrogens is 258 g/mol. The summed E-state index contributed by atoms with van der Waals surface area (Å²) in [4.78, 5) is 0. The minimum atomic E-state index is 0.457. The van der Waals surface area contributed by atoms with Gasteiger partial charge in [0.15, 0.2) is 0 Å². The highest BCUT2D eigenvalue weighted by Gasteiger charge is 2.24. The fourth-order valence-corrected chi connectivity index (χ4v) is 3.31. The van der Waals surface area contributed by atoms with E-state index in [1.807, 2.05) is 0 Å². The molecule has 1 aliphatic rings. The van der Waals surface area contributed by atoms with Crippen molar-refractivity contribution in [3.05, 3.63) is 48.0 Å². The Morgan fingerprint density at radius 2 is 1.86 bits per heavy atom. The Bertz CT molecular complexity index is 575. The van der Waals surface area contributed by atoms with Gasteiger partial charge >= 0.3 is 0 Å². The molecule has 0 radical (unpaired) electrons. The maximum atomic E-state index is 5.53. The van der Waals surface area contributed by atoms with Crippen molar-refractivity contribution in [2.45, 2.75) is 32.2 Å². The molecule has 0 aromatic heterocycles. The zero-order chi connectivity index (χ0) is 14.5. The van der Waals surface area contributed by atoms with Crippen LogP contribution in [0, 0.1) is 5.92 Å². The predicted octanol–water partition coefficient (Wildman–Crippen LogP) is 4.31. The highest BCUT2D eigenvalue weighted by Crippen LogP contribution is 2.31. The summed E-state index contributed by atoms with van der Waals surface area (Å²) in [7, 11) is 0. The molecule has 1 saturated heterocycles. The molecule has 1 unspecified atom stereocenters. The summed E-state index contributed by atoms with van der Waals surface area (Å²) in [6, 6.07) is 16.0. The van der Waals surface area contributed by atoms with Gasteiger partial charge in [-0.2, -0.15) is 0 Å². The molecule has 2 aromatic rings. The molecule has 21 heavy (non-hydrogen) atoms. The van der Waals surface area contributed by atoms with E-state index in [1.54, 1.807) is 0 Å². The lowest BCUT2D eigenvalue weighted by Gasteiger charge is -2.31. The molecule has 0 saturated carbocycles. The molecule has 1 heterocycles. The van der Waals surface area contributed by atoms with Gasteiger partial charge in [-0.15, -0.1) is 0 Å². The molecule has 1 aliphatic heterocycles. The van der Waals surface area contributed by atoms with E-state index in [1.165, 1.54) is 22.8 Å². The fourth-order valence-electron chi connectivity index (χ4n) is 3.31. The van der Waals surface area contributed by atoms with E-state index in [4.69, 9.17) is 4.74 Å². The molecular formula is C19H25NO. The zero-order valence-electron chi connectivity index (χ0n) is 12.8. The first-order valence-electron chi connectivity index (χ1n) is 8.18. The number of nitrogens with one attached hydrogen (secondary N) is 1. The van der Waals surface area contributed by atoms with Crippen LogP contribution in [0.25, 0.3) is 10.8 Å². The molecule has 1 fully saturated rings. The maximum Gasteiger partial charge on any atom is 0.0469 e. The summed E-state index contributed by atoms with van der Waals surface area (Å²) < 4.78 is 5.53. The lowest BCUT2D eigenvalue weighted by atomic mass is 9.86. The topological polar surface area (TPSA) is 21.3 Å². The maximum absolute atomic E-state index is 5.53. The second kappa shape index (κ2) is 7.06. The van der Waals surface area contributed by atoms with Gasteiger partial charge in [-0.05, 0) is 54.1 Å². The summed E-state index contributed by atoms with van der Waals surface area (Å²) in [5.41, 5.74) is 1.43. The van der Waals surface area contributed by atoms with Gasteiger partial charge in [-0.1, -0.05) is 43.3 Å². The third-order valence-electron chi connectivity index (χ3n) is 4.48. The first-order chi connectivity index (χ1) is 10.4. The average Bonchev–Trinajstić information content (AvgIpc) is 2.56. The van der Waals surface area contributed by atoms with E-state index in [0.717, 1.165) is 32.6 Å². The minimum Gasteiger partial charge on any atom is -0.381 e. The Kier molecular flexibility index (Phi) is 4.89. The van der Waals surface area contributed by atoms with E-state index in [2.05, 4.69) is 54.7 Å². The van der Waals surface area contributed by atoms with Crippen LogP contribution in [0.15, 0.2) is 42.5 Å². The molecule has 3 rings (SSSR count). The highest BCUT2D eigenvalue weighted by atomic mass is 16.5. The summed E-state index contributed by atoms with van der Waals surface area (Å²) >= 11 is 0. The van der Waals surface area contributed by atoms with Crippen molar-refractivity contribution in [3.63, 3.8) is 0 Å². The Labute approximate surface area is 127 Å². The normalized spacial score (nSPS) is 18.0. The van der Waals surface area contributed by atoms with Gasteiger partial charge in [-0.3, -0.25) is 0 Å². The van der Waals surface area contributed by atoms with Crippen molar-refractivity contribution in [2.24, 2.45) is 5.92 Å². The SMILES string of the molecule is CCCNC(c1ccc2ccccc2c1)C1CCOCC1. The van der Waals surface area contributed by atoms with Gasteiger partial charge in [0.2, 0.25) is 0 Å². The van der Waals surface area contributed by atoms with Crippen molar-refractivity contribution in [3.8, 4) is 0 Å². The Hall–Kier alpha value is -1.38. The molecule has 2 heteroatoms. The van der Waals surface area contributed by atoms with Crippen molar-refractivity contribution < 1.29 is 4.74 Å². The fraction of sp³-hybridized carbons (Fsp3) is 0.474. The van der Waals surface area contributed by atoms with Gasteiger partial charge in [0.25, 0.3) is 0 Å². The van der Waals surface area contributed by atoms with Gasteiger partial charge in [0.05, 0.1) is 0 Å². The van der Waals surface area contributed by atoms with Crippen molar-refractivity contribution in [2.75, 3.05) is 19.8 Å². The molecule has 0 bridgehead atoms. The third kappa shape index (κ3) is 3.45. The summed E-state index contributed by atoms with van der Waals surface area (Å²) in [6.45, 7) is 5.12. The lowest BCUT2D eigenvalue weighted by Crippen LogP contribution is -2.32. The van der Waals surface area contributed by atoms with E-state index in [-0.39, 0.29) is 0 Å². The highest BCUT2D eigenvalue weighted by molar-refractivity contribution is 5.83. The first kappa shape index (κ1) is 14.6. The van der Waals surface area contributed by atoms with Crippen molar-refractivity contribution in [1.82, 2.24) is 5.32 Å². The van der Waals surface area contributed by atoms with Crippen LogP contribution in [-0.2, 0) is 4.74 Å². The molecule has 0 spiro atoms. The first-order valence-corrected chi connectivity index (χ1v) is 8.18. The van der Waals surface area contributed by atoms with E-state index >= 15 is 0 Å². The lowest BCUT2D eigenvalue weighted by molar-refractivity contribution is 0.0536. The largest absolute Gasteiger partial charge is 0.381 e. The standard InChI is InChI=1S/C19H25NO/c1-2-11-20-19(16-9-12-21-13-10-16)18-8-7-15-5-3-4-6-17(15)14-18/h3-8,14,16,19-20H,2,9-13H2,1H3. The van der Waals surface area contributed by atoms with Crippen LogP contribution < -0.4 is 5.32 Å². The van der Waals surface area contributed by atoms with E-state index < -0.39 is 0 Å². The average molecular weight is 283 g/mol. The van der Waals surface area contributed by atoms with Gasteiger partial charge in [-0.25, -0.2) is 0 Å². The van der Waals surface area contributed by atoms with Crippen molar-refractivity contribution >= 4 is 10.8 Å². The quantitative estimate of drug-likeness (QED) is 0.883. The monoisotopic (exact) mass is 283 g/mol. The summed E-state index contributed by atoms with van der Waals surface area (Å²) in [5, 5.41) is 6.42. The van der Waals surface area contributed by atoms with Crippen LogP contribution in [-0.4, -0.2) is 19.8 Å². The molecule has 1 atom stereocenters. The van der Waals surface area contributed by atoms with Crippen LogP contribution in [0.5, 0.6) is 0 Å². The van der Waals surface area contributed by atoms with Crippen LogP contribution in [0.1, 0.15) is 37.8 Å². The van der Waals surface area contributed by atoms with Crippen LogP contribution >= 0.6 is 0 Å². The summed E-state index contributed by atoms with van der Waals surface area (Å²) in [5.74, 6) is 0.687. The van der Waals surface area contributed by atoms with Crippen molar-refractivity contribution in [1.29, 1.82) is 0 Å². The second-order valence-electron chi connectivity index (χ2n) is 5.99. The van der Waals surface area contributed by atoms with E-state index in [0.29, 0.717) is 12.0 Å². The zero-order valence-corrected chi connectivity index (χ0v) is 12.8. The molecule has 2 nitrogen and oxygen atoms in total. The van der Waals surface area contributed by atoms with Gasteiger partial charge in [0, 0.05) is 19.3 Å². The number of hydrogen-bond donors (Lipinski definition) is 1. The smallest absolute Gasteiger partial charge is 0.0469 e. The second-order valence-corrected chi connectivity index (χ2v) is 5.99.